The number of aromatic nitrogens is 3. The van der Waals surface area contributed by atoms with Gasteiger partial charge in [-0.05, 0) is 30.2 Å². The first-order chi connectivity index (χ1) is 11.6. The van der Waals surface area contributed by atoms with Crippen molar-refractivity contribution in [1.29, 1.82) is 0 Å². The molecule has 0 aliphatic heterocycles. The molecular weight excluding hydrogens is 316 g/mol. The second kappa shape index (κ2) is 5.30. The van der Waals surface area contributed by atoms with E-state index in [1.807, 2.05) is 0 Å². The number of aromatic amines is 1. The molecule has 2 atom stereocenters. The number of halogens is 2. The van der Waals surface area contributed by atoms with Crippen LogP contribution in [0.3, 0.4) is 0 Å². The monoisotopic (exact) mass is 329 g/mol. The van der Waals surface area contributed by atoms with E-state index in [1.54, 1.807) is 18.3 Å². The van der Waals surface area contributed by atoms with Gasteiger partial charge in [-0.1, -0.05) is 12.1 Å². The molecular formula is C17H13F2N3O2. The Morgan fingerprint density at radius 2 is 2.08 bits per heavy atom. The van der Waals surface area contributed by atoms with Crippen LogP contribution in [0, 0.1) is 11.6 Å². The molecule has 1 aliphatic rings. The maximum atomic E-state index is 13.8. The number of aromatic hydroxyl groups is 1. The molecule has 5 nitrogen and oxygen atoms in total. The quantitative estimate of drug-likeness (QED) is 0.776. The Balaban J connectivity index is 1.60. The molecule has 7 heteroatoms. The van der Waals surface area contributed by atoms with E-state index in [0.717, 1.165) is 11.6 Å². The lowest BCUT2D eigenvalue weighted by Gasteiger charge is -2.06. The van der Waals surface area contributed by atoms with Crippen LogP contribution in [0.1, 0.15) is 23.9 Å². The lowest BCUT2D eigenvalue weighted by molar-refractivity contribution is 0.413. The van der Waals surface area contributed by atoms with Gasteiger partial charge >= 0.3 is 5.69 Å². The van der Waals surface area contributed by atoms with Gasteiger partial charge < -0.3 is 10.1 Å². The third-order valence-corrected chi connectivity index (χ3v) is 4.32. The molecule has 0 radical (unpaired) electrons. The molecule has 3 aromatic rings. The summed E-state index contributed by atoms with van der Waals surface area (Å²) in [6.07, 6.45) is 3.56. The van der Waals surface area contributed by atoms with Gasteiger partial charge in [0.15, 0.2) is 11.6 Å². The van der Waals surface area contributed by atoms with Crippen molar-refractivity contribution in [2.75, 3.05) is 0 Å². The van der Waals surface area contributed by atoms with E-state index >= 15 is 0 Å². The number of rotatable bonds is 3. The summed E-state index contributed by atoms with van der Waals surface area (Å²) in [5, 5.41) is 9.69. The van der Waals surface area contributed by atoms with Gasteiger partial charge in [-0.15, -0.1) is 0 Å². The number of imidazole rings is 1. The summed E-state index contributed by atoms with van der Waals surface area (Å²) in [6.45, 7) is 0. The Bertz CT molecular complexity index is 963. The van der Waals surface area contributed by atoms with Crippen molar-refractivity contribution in [3.63, 3.8) is 0 Å². The Labute approximate surface area is 135 Å². The molecule has 0 spiro atoms. The molecule has 2 heterocycles. The van der Waals surface area contributed by atoms with E-state index in [-0.39, 0.29) is 29.1 Å². The fourth-order valence-electron chi connectivity index (χ4n) is 3.00. The average molecular weight is 329 g/mol. The summed E-state index contributed by atoms with van der Waals surface area (Å²) in [4.78, 5) is 18.3. The zero-order valence-corrected chi connectivity index (χ0v) is 12.4. The second-order valence-electron chi connectivity index (χ2n) is 5.81. The van der Waals surface area contributed by atoms with Gasteiger partial charge in [0.1, 0.15) is 0 Å². The van der Waals surface area contributed by atoms with Crippen molar-refractivity contribution in [3.8, 4) is 17.1 Å². The highest BCUT2D eigenvalue weighted by molar-refractivity contribution is 5.60. The van der Waals surface area contributed by atoms with E-state index in [0.29, 0.717) is 12.1 Å². The van der Waals surface area contributed by atoms with Crippen molar-refractivity contribution in [2.24, 2.45) is 0 Å². The average Bonchev–Trinajstić information content (AvgIpc) is 3.29. The van der Waals surface area contributed by atoms with Crippen LogP contribution in [0.4, 0.5) is 8.78 Å². The zero-order chi connectivity index (χ0) is 16.8. The van der Waals surface area contributed by atoms with E-state index in [9.17, 15) is 18.7 Å². The van der Waals surface area contributed by atoms with Crippen LogP contribution in [0.15, 0.2) is 47.5 Å². The minimum atomic E-state index is -0.925. The number of hydrogen-bond acceptors (Lipinski definition) is 3. The Hall–Kier alpha value is -2.96. The highest BCUT2D eigenvalue weighted by Crippen LogP contribution is 2.51. The number of H-pyrrole nitrogens is 1. The topological polar surface area (TPSA) is 70.9 Å². The summed E-state index contributed by atoms with van der Waals surface area (Å²) in [6, 6.07) is 7.25. The molecule has 1 aliphatic carbocycles. The van der Waals surface area contributed by atoms with Crippen LogP contribution in [-0.4, -0.2) is 19.6 Å². The lowest BCUT2D eigenvalue weighted by atomic mass is 10.1. The van der Waals surface area contributed by atoms with Gasteiger partial charge in [0.05, 0.1) is 11.9 Å². The molecule has 1 aromatic carbocycles. The van der Waals surface area contributed by atoms with Gasteiger partial charge in [-0.3, -0.25) is 9.55 Å². The van der Waals surface area contributed by atoms with Crippen LogP contribution in [-0.2, 0) is 0 Å². The van der Waals surface area contributed by atoms with E-state index in [1.165, 1.54) is 22.9 Å². The summed E-state index contributed by atoms with van der Waals surface area (Å²) < 4.78 is 28.4. The molecule has 2 N–H and O–H groups in total. The van der Waals surface area contributed by atoms with E-state index in [2.05, 4.69) is 9.97 Å². The maximum absolute atomic E-state index is 13.8. The number of pyridine rings is 1. The SMILES string of the molecule is O=c1[nH]cc(O)n1[C@@H]1C[C@H]1c1ccc(-c2cccc(F)c2F)nc1. The normalized spacial score (nSPS) is 19.4. The first-order valence-corrected chi connectivity index (χ1v) is 7.45. The van der Waals surface area contributed by atoms with Crippen LogP contribution >= 0.6 is 0 Å². The minimum absolute atomic E-state index is 0.0586. The summed E-state index contributed by atoms with van der Waals surface area (Å²) in [7, 11) is 0. The Kier molecular flexibility index (Phi) is 3.23. The summed E-state index contributed by atoms with van der Waals surface area (Å²) in [5.74, 6) is -1.88. The molecule has 0 amide bonds. The third-order valence-electron chi connectivity index (χ3n) is 4.32. The third kappa shape index (κ3) is 2.29. The van der Waals surface area contributed by atoms with Crippen molar-refractivity contribution in [2.45, 2.75) is 18.4 Å². The number of hydrogen-bond donors (Lipinski definition) is 2. The fraction of sp³-hybridized carbons (Fsp3) is 0.176. The summed E-state index contributed by atoms with van der Waals surface area (Å²) >= 11 is 0. The molecule has 2 aromatic heterocycles. The highest BCUT2D eigenvalue weighted by atomic mass is 19.2. The van der Waals surface area contributed by atoms with Crippen LogP contribution in [0.2, 0.25) is 0 Å². The first-order valence-electron chi connectivity index (χ1n) is 7.45. The Morgan fingerprint density at radius 1 is 1.25 bits per heavy atom. The molecule has 0 unspecified atom stereocenters. The van der Waals surface area contributed by atoms with Gasteiger partial charge in [-0.25, -0.2) is 13.6 Å². The zero-order valence-electron chi connectivity index (χ0n) is 12.4. The fourth-order valence-corrected chi connectivity index (χ4v) is 3.00. The second-order valence-corrected chi connectivity index (χ2v) is 5.81. The molecule has 0 saturated heterocycles. The number of benzene rings is 1. The van der Waals surface area contributed by atoms with E-state index in [4.69, 9.17) is 0 Å². The maximum Gasteiger partial charge on any atom is 0.328 e. The van der Waals surface area contributed by atoms with Crippen molar-refractivity contribution < 1.29 is 13.9 Å². The van der Waals surface area contributed by atoms with Gasteiger partial charge in [0.2, 0.25) is 5.88 Å². The van der Waals surface area contributed by atoms with Crippen LogP contribution < -0.4 is 5.69 Å². The molecule has 4 rings (SSSR count). The van der Waals surface area contributed by atoms with Crippen LogP contribution in [0.5, 0.6) is 5.88 Å². The largest absolute Gasteiger partial charge is 0.493 e. The van der Waals surface area contributed by atoms with Crippen molar-refractivity contribution in [3.05, 3.63) is 70.4 Å². The standard InChI is InChI=1S/C17H13F2N3O2/c18-12-3-1-2-10(16(12)19)13-5-4-9(7-20-13)11-6-14(11)22-15(23)8-21-17(22)24/h1-5,7-8,11,14,23H,6H2,(H,21,24)/t11-,14+/m0/s1. The lowest BCUT2D eigenvalue weighted by Crippen LogP contribution is -2.15. The smallest absolute Gasteiger partial charge is 0.328 e. The van der Waals surface area contributed by atoms with Crippen LogP contribution in [0.25, 0.3) is 11.3 Å². The molecule has 1 fully saturated rings. The minimum Gasteiger partial charge on any atom is -0.493 e. The van der Waals surface area contributed by atoms with Gasteiger partial charge in [0.25, 0.3) is 0 Å². The highest BCUT2D eigenvalue weighted by Gasteiger charge is 2.42. The summed E-state index contributed by atoms with van der Waals surface area (Å²) in [5.41, 5.74) is 0.975. The molecule has 0 bridgehead atoms. The first kappa shape index (κ1) is 14.6. The predicted octanol–water partition coefficient (Wildman–Crippen LogP) is 2.95. The van der Waals surface area contributed by atoms with Crippen molar-refractivity contribution >= 4 is 0 Å². The molecule has 1 saturated carbocycles. The molecule has 122 valence electrons. The molecule has 24 heavy (non-hydrogen) atoms. The van der Waals surface area contributed by atoms with Gasteiger partial charge in [-0.2, -0.15) is 0 Å². The number of nitrogens with zero attached hydrogens (tertiary/aromatic N) is 2. The van der Waals surface area contributed by atoms with Gasteiger partial charge in [0, 0.05) is 23.7 Å². The van der Waals surface area contributed by atoms with Crippen molar-refractivity contribution in [1.82, 2.24) is 14.5 Å². The number of nitrogens with one attached hydrogen (secondary N) is 1. The Morgan fingerprint density at radius 3 is 2.75 bits per heavy atom. The predicted molar refractivity (Wildman–Crippen MR) is 82.7 cm³/mol. The van der Waals surface area contributed by atoms with E-state index < -0.39 is 11.6 Å².